The summed E-state index contributed by atoms with van der Waals surface area (Å²) < 4.78 is 0. The van der Waals surface area contributed by atoms with Gasteiger partial charge in [-0.05, 0) is 121 Å². The molecule has 214 valence electrons. The van der Waals surface area contributed by atoms with E-state index in [0.29, 0.717) is 23.6 Å². The number of anilines is 1. The molecule has 6 heteroatoms. The Balaban J connectivity index is 1.66. The molecule has 0 saturated heterocycles. The molecule has 2 saturated carbocycles. The van der Waals surface area contributed by atoms with E-state index >= 15 is 0 Å². The maximum Gasteiger partial charge on any atom is 0.253 e. The first-order valence-corrected chi connectivity index (χ1v) is 15.2. The number of nitrogens with one attached hydrogen (secondary N) is 2. The normalized spacial score (nSPS) is 20.6. The van der Waals surface area contributed by atoms with E-state index in [1.165, 1.54) is 75.5 Å². The molecule has 2 aromatic rings. The maximum absolute atomic E-state index is 13.7. The number of aromatic amines is 1. The zero-order chi connectivity index (χ0) is 28.1. The highest BCUT2D eigenvalue weighted by Gasteiger charge is 2.29. The highest BCUT2D eigenvalue weighted by Crippen LogP contribution is 2.38. The lowest BCUT2D eigenvalue weighted by Gasteiger charge is -2.40. The summed E-state index contributed by atoms with van der Waals surface area (Å²) in [6, 6.07) is 7.70. The lowest BCUT2D eigenvalue weighted by atomic mass is 9.86. The number of rotatable bonds is 8. The van der Waals surface area contributed by atoms with Crippen molar-refractivity contribution in [3.05, 3.63) is 62.1 Å². The highest BCUT2D eigenvalue weighted by atomic mass is 16.1. The minimum absolute atomic E-state index is 0.0871. The van der Waals surface area contributed by atoms with E-state index in [-0.39, 0.29) is 18.0 Å². The first-order chi connectivity index (χ1) is 18.7. The number of H-pyrrole nitrogens is 1. The van der Waals surface area contributed by atoms with Gasteiger partial charge in [-0.1, -0.05) is 25.7 Å². The minimum Gasteiger partial charge on any atom is -0.369 e. The minimum atomic E-state index is -0.122. The summed E-state index contributed by atoms with van der Waals surface area (Å²) in [5.74, 6) is 0.416. The SMILES string of the molecule is CCN(c1cc(C2CCCCCC2)cc(C(=O)NCc2c(C)cc(C)[nH]c2=O)c1C)C1CCC(N(C)C)CC1. The molecule has 0 bridgehead atoms. The fourth-order valence-electron chi connectivity index (χ4n) is 6.98. The summed E-state index contributed by atoms with van der Waals surface area (Å²) in [5, 5.41) is 3.10. The monoisotopic (exact) mass is 534 g/mol. The van der Waals surface area contributed by atoms with Gasteiger partial charge in [-0.2, -0.15) is 0 Å². The van der Waals surface area contributed by atoms with Crippen molar-refractivity contribution in [3.63, 3.8) is 0 Å². The second kappa shape index (κ2) is 13.2. The molecule has 1 amide bonds. The molecule has 39 heavy (non-hydrogen) atoms. The highest BCUT2D eigenvalue weighted by molar-refractivity contribution is 5.97. The van der Waals surface area contributed by atoms with Crippen molar-refractivity contribution < 1.29 is 4.79 Å². The van der Waals surface area contributed by atoms with Gasteiger partial charge in [0, 0.05) is 47.7 Å². The van der Waals surface area contributed by atoms with Crippen LogP contribution >= 0.6 is 0 Å². The molecule has 4 rings (SSSR count). The van der Waals surface area contributed by atoms with Gasteiger partial charge in [0.05, 0.1) is 0 Å². The molecule has 1 aromatic carbocycles. The molecule has 2 fully saturated rings. The molecular formula is C33H50N4O2. The fraction of sp³-hybridized carbons (Fsp3) is 0.636. The lowest BCUT2D eigenvalue weighted by Crippen LogP contribution is -2.42. The number of pyridine rings is 1. The van der Waals surface area contributed by atoms with E-state index < -0.39 is 0 Å². The Morgan fingerprint density at radius 1 is 0.923 bits per heavy atom. The molecule has 2 aliphatic carbocycles. The Labute approximate surface area is 235 Å². The number of amides is 1. The third kappa shape index (κ3) is 6.95. The number of carbonyl (C=O) groups is 1. The van der Waals surface area contributed by atoms with Crippen LogP contribution in [0.3, 0.4) is 0 Å². The number of hydrogen-bond acceptors (Lipinski definition) is 4. The first-order valence-electron chi connectivity index (χ1n) is 15.2. The zero-order valence-electron chi connectivity index (χ0n) is 25.2. The van der Waals surface area contributed by atoms with Crippen molar-refractivity contribution in [2.75, 3.05) is 25.5 Å². The topological polar surface area (TPSA) is 68.4 Å². The molecule has 2 N–H and O–H groups in total. The van der Waals surface area contributed by atoms with Crippen LogP contribution < -0.4 is 15.8 Å². The number of aryl methyl sites for hydroxylation is 2. The van der Waals surface area contributed by atoms with Crippen LogP contribution in [0.1, 0.15) is 115 Å². The van der Waals surface area contributed by atoms with Crippen molar-refractivity contribution in [1.82, 2.24) is 15.2 Å². The summed E-state index contributed by atoms with van der Waals surface area (Å²) in [5.41, 5.74) is 6.59. The Morgan fingerprint density at radius 3 is 2.15 bits per heavy atom. The third-order valence-corrected chi connectivity index (χ3v) is 9.38. The van der Waals surface area contributed by atoms with E-state index in [4.69, 9.17) is 0 Å². The molecule has 1 aromatic heterocycles. The maximum atomic E-state index is 13.7. The quantitative estimate of drug-likeness (QED) is 0.386. The second-order valence-electron chi connectivity index (χ2n) is 12.2. The Kier molecular flexibility index (Phi) is 9.92. The van der Waals surface area contributed by atoms with Crippen molar-refractivity contribution in [2.24, 2.45) is 0 Å². The molecule has 0 atom stereocenters. The standard InChI is InChI=1S/C33H50N4O2/c1-7-37(28-16-14-27(15-17-28)36(5)6)31-20-26(25-12-10-8-9-11-13-25)19-29(24(31)4)32(38)34-21-30-22(2)18-23(3)35-33(30)39/h18-20,25,27-28H,7-17,21H2,1-6H3,(H,34,38)(H,35,39). The number of aromatic nitrogens is 1. The molecule has 2 aliphatic rings. The van der Waals surface area contributed by atoms with E-state index in [0.717, 1.165) is 28.9 Å². The van der Waals surface area contributed by atoms with Gasteiger partial charge in [-0.3, -0.25) is 9.59 Å². The average Bonchev–Trinajstić information content (AvgIpc) is 3.19. The largest absolute Gasteiger partial charge is 0.369 e. The van der Waals surface area contributed by atoms with E-state index in [1.54, 1.807) is 0 Å². The number of nitrogens with zero attached hydrogens (tertiary/aromatic N) is 2. The summed E-state index contributed by atoms with van der Waals surface area (Å²) in [6.45, 7) is 9.35. The molecule has 1 heterocycles. The summed E-state index contributed by atoms with van der Waals surface area (Å²) in [4.78, 5) is 34.1. The van der Waals surface area contributed by atoms with Gasteiger partial charge in [-0.15, -0.1) is 0 Å². The van der Waals surface area contributed by atoms with Gasteiger partial charge in [0.2, 0.25) is 0 Å². The van der Waals surface area contributed by atoms with Gasteiger partial charge in [0.25, 0.3) is 11.5 Å². The molecule has 6 nitrogen and oxygen atoms in total. The van der Waals surface area contributed by atoms with E-state index in [9.17, 15) is 9.59 Å². The number of benzene rings is 1. The smallest absolute Gasteiger partial charge is 0.253 e. The predicted molar refractivity (Wildman–Crippen MR) is 162 cm³/mol. The van der Waals surface area contributed by atoms with Crippen LogP contribution in [0.25, 0.3) is 0 Å². The van der Waals surface area contributed by atoms with Crippen LogP contribution in [0.15, 0.2) is 23.0 Å². The molecule has 0 aliphatic heterocycles. The summed E-state index contributed by atoms with van der Waals surface area (Å²) >= 11 is 0. The molecular weight excluding hydrogens is 484 g/mol. The van der Waals surface area contributed by atoms with Crippen molar-refractivity contribution in [2.45, 2.75) is 116 Å². The summed E-state index contributed by atoms with van der Waals surface area (Å²) in [6.07, 6.45) is 12.3. The Morgan fingerprint density at radius 2 is 1.56 bits per heavy atom. The molecule has 0 unspecified atom stereocenters. The predicted octanol–water partition coefficient (Wildman–Crippen LogP) is 6.37. The molecule has 0 radical (unpaired) electrons. The fourth-order valence-corrected chi connectivity index (χ4v) is 6.98. The Bertz CT molecular complexity index is 1180. The van der Waals surface area contributed by atoms with Crippen molar-refractivity contribution in [3.8, 4) is 0 Å². The lowest BCUT2D eigenvalue weighted by molar-refractivity contribution is 0.0950. The van der Waals surface area contributed by atoms with E-state index in [1.807, 2.05) is 19.9 Å². The van der Waals surface area contributed by atoms with Crippen molar-refractivity contribution >= 4 is 11.6 Å². The van der Waals surface area contributed by atoms with Gasteiger partial charge in [0.1, 0.15) is 0 Å². The van der Waals surface area contributed by atoms with E-state index in [2.05, 4.69) is 60.2 Å². The average molecular weight is 535 g/mol. The second-order valence-corrected chi connectivity index (χ2v) is 12.2. The van der Waals surface area contributed by atoms with Gasteiger partial charge in [0.15, 0.2) is 0 Å². The van der Waals surface area contributed by atoms with Crippen LogP contribution in [0.4, 0.5) is 5.69 Å². The first kappa shape index (κ1) is 29.4. The van der Waals surface area contributed by atoms with Crippen LogP contribution in [0.5, 0.6) is 0 Å². The van der Waals surface area contributed by atoms with Crippen LogP contribution in [-0.2, 0) is 6.54 Å². The number of hydrogen-bond donors (Lipinski definition) is 2. The van der Waals surface area contributed by atoms with Gasteiger partial charge in [-0.25, -0.2) is 0 Å². The Hall–Kier alpha value is -2.60. The molecule has 0 spiro atoms. The van der Waals surface area contributed by atoms with Crippen molar-refractivity contribution in [1.29, 1.82) is 0 Å². The van der Waals surface area contributed by atoms with Crippen LogP contribution in [0, 0.1) is 20.8 Å². The van der Waals surface area contributed by atoms with Crippen LogP contribution in [0.2, 0.25) is 0 Å². The van der Waals surface area contributed by atoms with Crippen LogP contribution in [-0.4, -0.2) is 48.5 Å². The summed E-state index contributed by atoms with van der Waals surface area (Å²) in [7, 11) is 4.39. The number of carbonyl (C=O) groups excluding carboxylic acids is 1. The third-order valence-electron chi connectivity index (χ3n) is 9.38. The van der Waals surface area contributed by atoms with Gasteiger partial charge < -0.3 is 20.1 Å². The van der Waals surface area contributed by atoms with Gasteiger partial charge >= 0.3 is 0 Å². The zero-order valence-corrected chi connectivity index (χ0v) is 25.2.